The molecule has 14 heavy (non-hydrogen) atoms. The summed E-state index contributed by atoms with van der Waals surface area (Å²) >= 11 is 1.86. The first-order valence-electron chi connectivity index (χ1n) is 4.78. The van der Waals surface area contributed by atoms with Gasteiger partial charge < -0.3 is 10.4 Å². The Bertz CT molecular complexity index is 193. The highest BCUT2D eigenvalue weighted by molar-refractivity contribution is 7.98. The van der Waals surface area contributed by atoms with Crippen molar-refractivity contribution in [2.75, 3.05) is 25.1 Å². The van der Waals surface area contributed by atoms with Crippen LogP contribution in [-0.4, -0.2) is 36.2 Å². The molecule has 0 aromatic heterocycles. The zero-order chi connectivity index (χ0) is 10.8. The molecule has 0 aliphatic rings. The van der Waals surface area contributed by atoms with E-state index >= 15 is 0 Å². The van der Waals surface area contributed by atoms with E-state index in [9.17, 15) is 4.79 Å². The summed E-state index contributed by atoms with van der Waals surface area (Å²) in [4.78, 5) is 10.4. The largest absolute Gasteiger partial charge is 0.478 e. The maximum Gasteiger partial charge on any atom is 0.330 e. The predicted molar refractivity (Wildman–Crippen MR) is 61.9 cm³/mol. The first-order valence-corrected chi connectivity index (χ1v) is 6.17. The Kier molecular flexibility index (Phi) is 8.78. The third-order valence-corrected chi connectivity index (χ3v) is 2.54. The number of carboxylic acid groups (broad SMARTS) is 1. The van der Waals surface area contributed by atoms with Crippen LogP contribution in [-0.2, 0) is 4.79 Å². The molecule has 0 bridgehead atoms. The van der Waals surface area contributed by atoms with Crippen molar-refractivity contribution in [2.24, 2.45) is 0 Å². The molecule has 4 heteroatoms. The summed E-state index contributed by atoms with van der Waals surface area (Å²) in [6.45, 7) is 3.22. The van der Waals surface area contributed by atoms with Gasteiger partial charge in [-0.2, -0.15) is 11.8 Å². The Labute approximate surface area is 90.0 Å². The standard InChI is InChI=1S/C10H19NO2S/c1-9(10(12)13)5-7-11-6-3-4-8-14-2/h5,11H,3-4,6-8H2,1-2H3,(H,12,13)/b9-5-. The molecule has 0 rings (SSSR count). The van der Waals surface area contributed by atoms with Gasteiger partial charge in [-0.05, 0) is 38.3 Å². The van der Waals surface area contributed by atoms with Crippen LogP contribution in [0, 0.1) is 0 Å². The van der Waals surface area contributed by atoms with E-state index in [0.29, 0.717) is 12.1 Å². The van der Waals surface area contributed by atoms with E-state index in [1.165, 1.54) is 12.2 Å². The molecule has 0 radical (unpaired) electrons. The Hall–Kier alpha value is -0.480. The minimum absolute atomic E-state index is 0.404. The summed E-state index contributed by atoms with van der Waals surface area (Å²) in [5, 5.41) is 11.7. The maximum absolute atomic E-state index is 10.4. The lowest BCUT2D eigenvalue weighted by atomic mass is 10.3. The van der Waals surface area contributed by atoms with Gasteiger partial charge in [0.05, 0.1) is 0 Å². The van der Waals surface area contributed by atoms with Crippen molar-refractivity contribution in [1.82, 2.24) is 5.32 Å². The SMILES string of the molecule is CSCCCCNC/C=C(/C)C(=O)O. The topological polar surface area (TPSA) is 49.3 Å². The molecule has 0 amide bonds. The van der Waals surface area contributed by atoms with Crippen LogP contribution in [0.25, 0.3) is 0 Å². The van der Waals surface area contributed by atoms with Crippen LogP contribution < -0.4 is 5.32 Å². The zero-order valence-electron chi connectivity index (χ0n) is 8.88. The average Bonchev–Trinajstić information content (AvgIpc) is 2.16. The zero-order valence-corrected chi connectivity index (χ0v) is 9.69. The van der Waals surface area contributed by atoms with Crippen LogP contribution >= 0.6 is 11.8 Å². The first-order chi connectivity index (χ1) is 6.68. The molecule has 0 aromatic carbocycles. The fraction of sp³-hybridized carbons (Fsp3) is 0.700. The molecule has 0 spiro atoms. The molecule has 2 N–H and O–H groups in total. The highest BCUT2D eigenvalue weighted by Gasteiger charge is 1.97. The molecular weight excluding hydrogens is 198 g/mol. The molecule has 0 saturated carbocycles. The summed E-state index contributed by atoms with van der Waals surface area (Å²) in [6.07, 6.45) is 6.18. The number of thioether (sulfide) groups is 1. The second-order valence-corrected chi connectivity index (χ2v) is 4.08. The molecule has 0 saturated heterocycles. The number of carboxylic acids is 1. The van der Waals surface area contributed by atoms with Crippen molar-refractivity contribution >= 4 is 17.7 Å². The lowest BCUT2D eigenvalue weighted by molar-refractivity contribution is -0.132. The van der Waals surface area contributed by atoms with Gasteiger partial charge in [0.15, 0.2) is 0 Å². The number of nitrogens with one attached hydrogen (secondary N) is 1. The fourth-order valence-electron chi connectivity index (χ4n) is 0.911. The van der Waals surface area contributed by atoms with E-state index in [1.807, 2.05) is 11.8 Å². The van der Waals surface area contributed by atoms with Gasteiger partial charge >= 0.3 is 5.97 Å². The maximum atomic E-state index is 10.4. The summed E-state index contributed by atoms with van der Waals surface area (Å²) in [6, 6.07) is 0. The van der Waals surface area contributed by atoms with Crippen molar-refractivity contribution in [3.63, 3.8) is 0 Å². The van der Waals surface area contributed by atoms with Gasteiger partial charge in [0.2, 0.25) is 0 Å². The van der Waals surface area contributed by atoms with Crippen molar-refractivity contribution in [1.29, 1.82) is 0 Å². The van der Waals surface area contributed by atoms with E-state index in [-0.39, 0.29) is 0 Å². The van der Waals surface area contributed by atoms with Gasteiger partial charge in [0.1, 0.15) is 0 Å². The molecule has 3 nitrogen and oxygen atoms in total. The van der Waals surface area contributed by atoms with Gasteiger partial charge in [-0.3, -0.25) is 0 Å². The summed E-state index contributed by atoms with van der Waals surface area (Å²) < 4.78 is 0. The van der Waals surface area contributed by atoms with E-state index in [2.05, 4.69) is 11.6 Å². The van der Waals surface area contributed by atoms with Crippen molar-refractivity contribution in [3.8, 4) is 0 Å². The molecule has 0 heterocycles. The summed E-state index contributed by atoms with van der Waals surface area (Å²) in [5.74, 6) is 0.361. The molecule has 0 aliphatic carbocycles. The molecule has 0 unspecified atom stereocenters. The van der Waals surface area contributed by atoms with E-state index in [4.69, 9.17) is 5.11 Å². The Morgan fingerprint density at radius 3 is 2.79 bits per heavy atom. The van der Waals surface area contributed by atoms with E-state index in [0.717, 1.165) is 13.0 Å². The minimum Gasteiger partial charge on any atom is -0.478 e. The van der Waals surface area contributed by atoms with Crippen LogP contribution in [0.4, 0.5) is 0 Å². The average molecular weight is 217 g/mol. The van der Waals surface area contributed by atoms with Gasteiger partial charge in [-0.25, -0.2) is 4.79 Å². The molecule has 0 fully saturated rings. The second kappa shape index (κ2) is 9.09. The minimum atomic E-state index is -0.839. The quantitative estimate of drug-likeness (QED) is 0.480. The summed E-state index contributed by atoms with van der Waals surface area (Å²) in [7, 11) is 0. The Balaban J connectivity index is 3.29. The lowest BCUT2D eigenvalue weighted by Crippen LogP contribution is -2.16. The van der Waals surface area contributed by atoms with Crippen LogP contribution in [0.3, 0.4) is 0 Å². The van der Waals surface area contributed by atoms with Crippen molar-refractivity contribution in [2.45, 2.75) is 19.8 Å². The highest BCUT2D eigenvalue weighted by Crippen LogP contribution is 1.97. The van der Waals surface area contributed by atoms with Crippen LogP contribution in [0.2, 0.25) is 0 Å². The lowest BCUT2D eigenvalue weighted by Gasteiger charge is -2.01. The van der Waals surface area contributed by atoms with Gasteiger partial charge in [-0.15, -0.1) is 0 Å². The fourth-order valence-corrected chi connectivity index (χ4v) is 1.40. The van der Waals surface area contributed by atoms with Crippen molar-refractivity contribution < 1.29 is 9.90 Å². The third-order valence-electron chi connectivity index (χ3n) is 1.84. The molecule has 0 aromatic rings. The number of hydrogen-bond acceptors (Lipinski definition) is 3. The number of rotatable bonds is 8. The third kappa shape index (κ3) is 8.13. The predicted octanol–water partition coefficient (Wildman–Crippen LogP) is 1.75. The van der Waals surface area contributed by atoms with Crippen LogP contribution in [0.1, 0.15) is 19.8 Å². The first kappa shape index (κ1) is 13.5. The monoisotopic (exact) mass is 217 g/mol. The molecule has 0 atom stereocenters. The number of carbonyl (C=O) groups is 1. The van der Waals surface area contributed by atoms with Gasteiger partial charge in [-0.1, -0.05) is 6.08 Å². The summed E-state index contributed by atoms with van der Waals surface area (Å²) in [5.41, 5.74) is 0.404. The highest BCUT2D eigenvalue weighted by atomic mass is 32.2. The normalized spacial score (nSPS) is 11.7. The van der Waals surface area contributed by atoms with Gasteiger partial charge in [0.25, 0.3) is 0 Å². The number of aliphatic carboxylic acids is 1. The smallest absolute Gasteiger partial charge is 0.330 e. The van der Waals surface area contributed by atoms with E-state index in [1.54, 1.807) is 13.0 Å². The van der Waals surface area contributed by atoms with Crippen LogP contribution in [0.5, 0.6) is 0 Å². The van der Waals surface area contributed by atoms with E-state index < -0.39 is 5.97 Å². The second-order valence-electron chi connectivity index (χ2n) is 3.10. The Morgan fingerprint density at radius 1 is 1.50 bits per heavy atom. The number of unbranched alkanes of at least 4 members (excludes halogenated alkanes) is 1. The van der Waals surface area contributed by atoms with Crippen molar-refractivity contribution in [3.05, 3.63) is 11.6 Å². The van der Waals surface area contributed by atoms with Gasteiger partial charge in [0, 0.05) is 12.1 Å². The molecular formula is C10H19NO2S. The Morgan fingerprint density at radius 2 is 2.21 bits per heavy atom. The molecule has 0 aliphatic heterocycles. The molecule has 82 valence electrons. The number of hydrogen-bond donors (Lipinski definition) is 2. The van der Waals surface area contributed by atoms with Crippen LogP contribution in [0.15, 0.2) is 11.6 Å².